The van der Waals surface area contributed by atoms with Crippen molar-refractivity contribution in [2.24, 2.45) is 0 Å². The lowest BCUT2D eigenvalue weighted by Gasteiger charge is -2.33. The standard InChI is InChI=1S/C15H16FN3OS.2ClH/c1-10-8-17-6-7-19(10)15(20)13-9-21-14(18-13)11-2-4-12(16)5-3-11;;/h2-5,9-10,17H,6-8H2,1H3;2*1H. The van der Waals surface area contributed by atoms with E-state index in [-0.39, 0.29) is 42.6 Å². The van der Waals surface area contributed by atoms with Crippen LogP contribution in [0.4, 0.5) is 4.39 Å². The molecule has 0 saturated carbocycles. The minimum Gasteiger partial charge on any atom is -0.332 e. The minimum atomic E-state index is -0.277. The van der Waals surface area contributed by atoms with Crippen LogP contribution in [-0.2, 0) is 0 Å². The lowest BCUT2D eigenvalue weighted by atomic mass is 10.2. The van der Waals surface area contributed by atoms with Gasteiger partial charge < -0.3 is 10.2 Å². The van der Waals surface area contributed by atoms with Crippen LogP contribution in [0.1, 0.15) is 17.4 Å². The summed E-state index contributed by atoms with van der Waals surface area (Å²) >= 11 is 1.41. The first kappa shape index (κ1) is 19.8. The third-order valence-electron chi connectivity index (χ3n) is 3.58. The highest BCUT2D eigenvalue weighted by Gasteiger charge is 2.25. The average molecular weight is 378 g/mol. The molecule has 1 unspecified atom stereocenters. The molecule has 1 aliphatic heterocycles. The first-order valence-electron chi connectivity index (χ1n) is 6.88. The van der Waals surface area contributed by atoms with E-state index in [9.17, 15) is 9.18 Å². The van der Waals surface area contributed by atoms with Crippen molar-refractivity contribution in [2.75, 3.05) is 19.6 Å². The second-order valence-corrected chi connectivity index (χ2v) is 5.95. The largest absolute Gasteiger partial charge is 0.332 e. The molecule has 0 spiro atoms. The molecule has 3 rings (SSSR count). The van der Waals surface area contributed by atoms with Crippen LogP contribution in [0.25, 0.3) is 10.6 Å². The van der Waals surface area contributed by atoms with Gasteiger partial charge in [-0.05, 0) is 31.2 Å². The minimum absolute atomic E-state index is 0. The normalized spacial score (nSPS) is 17.1. The van der Waals surface area contributed by atoms with Gasteiger partial charge in [0.1, 0.15) is 16.5 Å². The molecule has 1 aromatic heterocycles. The maximum absolute atomic E-state index is 12.9. The van der Waals surface area contributed by atoms with E-state index in [2.05, 4.69) is 10.3 Å². The first-order valence-corrected chi connectivity index (χ1v) is 7.76. The van der Waals surface area contributed by atoms with E-state index >= 15 is 0 Å². The number of piperazine rings is 1. The number of hydrogen-bond acceptors (Lipinski definition) is 4. The number of aromatic nitrogens is 1. The van der Waals surface area contributed by atoms with Crippen LogP contribution >= 0.6 is 36.2 Å². The number of nitrogens with one attached hydrogen (secondary N) is 1. The molecule has 1 atom stereocenters. The molecule has 1 aromatic carbocycles. The summed E-state index contributed by atoms with van der Waals surface area (Å²) in [6, 6.07) is 6.32. The Morgan fingerprint density at radius 1 is 1.35 bits per heavy atom. The summed E-state index contributed by atoms with van der Waals surface area (Å²) in [6.45, 7) is 4.34. The van der Waals surface area contributed by atoms with Crippen molar-refractivity contribution in [1.82, 2.24) is 15.2 Å². The predicted octanol–water partition coefficient (Wildman–Crippen LogP) is 3.23. The van der Waals surface area contributed by atoms with Crippen molar-refractivity contribution in [2.45, 2.75) is 13.0 Å². The molecular formula is C15H18Cl2FN3OS. The second-order valence-electron chi connectivity index (χ2n) is 5.10. The van der Waals surface area contributed by atoms with Gasteiger partial charge >= 0.3 is 0 Å². The maximum atomic E-state index is 12.9. The van der Waals surface area contributed by atoms with E-state index in [0.29, 0.717) is 12.2 Å². The van der Waals surface area contributed by atoms with E-state index in [1.165, 1.54) is 23.5 Å². The zero-order valence-corrected chi connectivity index (χ0v) is 14.9. The van der Waals surface area contributed by atoms with Crippen LogP contribution < -0.4 is 5.32 Å². The maximum Gasteiger partial charge on any atom is 0.273 e. The molecule has 1 N–H and O–H groups in total. The quantitative estimate of drug-likeness (QED) is 0.873. The van der Waals surface area contributed by atoms with Gasteiger partial charge in [-0.15, -0.1) is 36.2 Å². The molecule has 1 saturated heterocycles. The number of carbonyl (C=O) groups is 1. The Kier molecular flexibility index (Phi) is 7.41. The van der Waals surface area contributed by atoms with Crippen molar-refractivity contribution in [3.63, 3.8) is 0 Å². The summed E-state index contributed by atoms with van der Waals surface area (Å²) in [7, 11) is 0. The smallest absolute Gasteiger partial charge is 0.273 e. The van der Waals surface area contributed by atoms with Crippen LogP contribution in [0.3, 0.4) is 0 Å². The lowest BCUT2D eigenvalue weighted by molar-refractivity contribution is 0.0650. The van der Waals surface area contributed by atoms with Crippen LogP contribution in [0.15, 0.2) is 29.6 Å². The molecule has 0 bridgehead atoms. The molecule has 1 aliphatic rings. The Hall–Kier alpha value is -1.21. The summed E-state index contributed by atoms with van der Waals surface area (Å²) in [5.74, 6) is -0.310. The zero-order chi connectivity index (χ0) is 14.8. The van der Waals surface area contributed by atoms with Crippen LogP contribution in [0.2, 0.25) is 0 Å². The highest BCUT2D eigenvalue weighted by molar-refractivity contribution is 7.13. The van der Waals surface area contributed by atoms with E-state index in [4.69, 9.17) is 0 Å². The van der Waals surface area contributed by atoms with E-state index in [1.807, 2.05) is 11.8 Å². The van der Waals surface area contributed by atoms with Gasteiger partial charge in [0.25, 0.3) is 5.91 Å². The van der Waals surface area contributed by atoms with Crippen LogP contribution in [0, 0.1) is 5.82 Å². The van der Waals surface area contributed by atoms with Gasteiger partial charge in [-0.2, -0.15) is 0 Å². The van der Waals surface area contributed by atoms with Crippen molar-refractivity contribution in [3.05, 3.63) is 41.2 Å². The van der Waals surface area contributed by atoms with Gasteiger partial charge in [0.15, 0.2) is 0 Å². The topological polar surface area (TPSA) is 45.2 Å². The Morgan fingerprint density at radius 2 is 2.04 bits per heavy atom. The van der Waals surface area contributed by atoms with Crippen molar-refractivity contribution < 1.29 is 9.18 Å². The van der Waals surface area contributed by atoms with Crippen LogP contribution in [0.5, 0.6) is 0 Å². The number of thiazole rings is 1. The number of rotatable bonds is 2. The predicted molar refractivity (Wildman–Crippen MR) is 95.4 cm³/mol. The van der Waals surface area contributed by atoms with Crippen molar-refractivity contribution in [3.8, 4) is 10.6 Å². The van der Waals surface area contributed by atoms with Gasteiger partial charge in [0.05, 0.1) is 0 Å². The Morgan fingerprint density at radius 3 is 2.70 bits per heavy atom. The lowest BCUT2D eigenvalue weighted by Crippen LogP contribution is -2.52. The highest BCUT2D eigenvalue weighted by atomic mass is 35.5. The molecule has 4 nitrogen and oxygen atoms in total. The van der Waals surface area contributed by atoms with Crippen LogP contribution in [-0.4, -0.2) is 41.5 Å². The fraction of sp³-hybridized carbons (Fsp3) is 0.333. The number of carbonyl (C=O) groups excluding carboxylic acids is 1. The fourth-order valence-electron chi connectivity index (χ4n) is 2.39. The molecule has 2 aromatic rings. The van der Waals surface area contributed by atoms with Gasteiger partial charge in [0, 0.05) is 36.6 Å². The van der Waals surface area contributed by atoms with Gasteiger partial charge in [-0.25, -0.2) is 9.37 Å². The molecule has 1 amide bonds. The van der Waals surface area contributed by atoms with Gasteiger partial charge in [0.2, 0.25) is 0 Å². The Labute approximate surface area is 150 Å². The zero-order valence-electron chi connectivity index (χ0n) is 12.5. The molecule has 1 fully saturated rings. The van der Waals surface area contributed by atoms with Crippen molar-refractivity contribution >= 4 is 42.1 Å². The summed E-state index contributed by atoms with van der Waals surface area (Å²) in [5.41, 5.74) is 1.29. The highest BCUT2D eigenvalue weighted by Crippen LogP contribution is 2.24. The SMILES string of the molecule is CC1CNCCN1C(=O)c1csc(-c2ccc(F)cc2)n1.Cl.Cl. The molecule has 126 valence electrons. The number of hydrogen-bond donors (Lipinski definition) is 1. The number of nitrogens with zero attached hydrogens (tertiary/aromatic N) is 2. The molecule has 2 heterocycles. The average Bonchev–Trinajstić information content (AvgIpc) is 2.98. The number of benzene rings is 1. The third-order valence-corrected chi connectivity index (χ3v) is 4.47. The Balaban J connectivity index is 0.00000132. The fourth-order valence-corrected chi connectivity index (χ4v) is 3.19. The van der Waals surface area contributed by atoms with Crippen molar-refractivity contribution in [1.29, 1.82) is 0 Å². The monoisotopic (exact) mass is 377 g/mol. The summed E-state index contributed by atoms with van der Waals surface area (Å²) in [6.07, 6.45) is 0. The summed E-state index contributed by atoms with van der Waals surface area (Å²) in [5, 5.41) is 5.77. The number of amides is 1. The molecule has 8 heteroatoms. The summed E-state index contributed by atoms with van der Waals surface area (Å²) in [4.78, 5) is 18.7. The van der Waals surface area contributed by atoms with Gasteiger partial charge in [-0.1, -0.05) is 0 Å². The Bertz CT molecular complexity index is 650. The molecule has 0 radical (unpaired) electrons. The van der Waals surface area contributed by atoms with E-state index in [1.54, 1.807) is 17.5 Å². The first-order chi connectivity index (χ1) is 10.1. The molecule has 0 aliphatic carbocycles. The molecular weight excluding hydrogens is 360 g/mol. The van der Waals surface area contributed by atoms with Gasteiger partial charge in [-0.3, -0.25) is 4.79 Å². The summed E-state index contributed by atoms with van der Waals surface area (Å²) < 4.78 is 12.9. The van der Waals surface area contributed by atoms with E-state index in [0.717, 1.165) is 23.7 Å². The number of halogens is 3. The second kappa shape index (κ2) is 8.59. The van der Waals surface area contributed by atoms with E-state index < -0.39 is 0 Å². The molecule has 23 heavy (non-hydrogen) atoms. The third kappa shape index (κ3) is 4.41.